The molecular formula is C22H17BN2O2. The molecule has 27 heavy (non-hydrogen) atoms. The fourth-order valence-electron chi connectivity index (χ4n) is 3.00. The number of benzene rings is 2. The van der Waals surface area contributed by atoms with E-state index in [1.807, 2.05) is 48.5 Å². The van der Waals surface area contributed by atoms with Crippen LogP contribution in [-0.4, -0.2) is 27.1 Å². The van der Waals surface area contributed by atoms with Gasteiger partial charge in [0.1, 0.15) is 0 Å². The van der Waals surface area contributed by atoms with Gasteiger partial charge in [0, 0.05) is 23.5 Å². The van der Waals surface area contributed by atoms with Gasteiger partial charge in [-0.25, -0.2) is 0 Å². The lowest BCUT2D eigenvalue weighted by atomic mass is 9.80. The first-order chi connectivity index (χ1) is 13.2. The Hall–Kier alpha value is -3.28. The molecule has 0 radical (unpaired) electrons. The van der Waals surface area contributed by atoms with Crippen molar-refractivity contribution in [3.63, 3.8) is 0 Å². The van der Waals surface area contributed by atoms with E-state index >= 15 is 0 Å². The first-order valence-corrected chi connectivity index (χ1v) is 8.65. The van der Waals surface area contributed by atoms with E-state index in [-0.39, 0.29) is 0 Å². The number of hydrogen-bond donors (Lipinski definition) is 2. The van der Waals surface area contributed by atoms with E-state index in [0.29, 0.717) is 5.46 Å². The molecule has 0 saturated heterocycles. The van der Waals surface area contributed by atoms with Crippen molar-refractivity contribution in [3.8, 4) is 33.6 Å². The van der Waals surface area contributed by atoms with Gasteiger partial charge in [0.05, 0.1) is 11.4 Å². The van der Waals surface area contributed by atoms with Gasteiger partial charge in [-0.05, 0) is 59.1 Å². The van der Waals surface area contributed by atoms with Crippen molar-refractivity contribution in [3.05, 3.63) is 91.3 Å². The number of hydrogen-bond acceptors (Lipinski definition) is 4. The fourth-order valence-corrected chi connectivity index (χ4v) is 3.00. The summed E-state index contributed by atoms with van der Waals surface area (Å²) >= 11 is 0. The highest BCUT2D eigenvalue weighted by molar-refractivity contribution is 6.58. The maximum atomic E-state index is 9.31. The highest BCUT2D eigenvalue weighted by atomic mass is 16.4. The summed E-state index contributed by atoms with van der Waals surface area (Å²) in [6.45, 7) is 0. The third kappa shape index (κ3) is 3.79. The Morgan fingerprint density at radius 1 is 0.556 bits per heavy atom. The molecule has 0 atom stereocenters. The zero-order valence-electron chi connectivity index (χ0n) is 14.5. The number of aromatic nitrogens is 2. The number of pyridine rings is 2. The van der Waals surface area contributed by atoms with Gasteiger partial charge in [-0.15, -0.1) is 0 Å². The molecule has 4 aromatic rings. The predicted molar refractivity (Wildman–Crippen MR) is 108 cm³/mol. The maximum absolute atomic E-state index is 9.31. The molecule has 4 nitrogen and oxygen atoms in total. The summed E-state index contributed by atoms with van der Waals surface area (Å²) < 4.78 is 0. The Bertz CT molecular complexity index is 979. The second-order valence-corrected chi connectivity index (χ2v) is 6.22. The van der Waals surface area contributed by atoms with Crippen LogP contribution in [0.15, 0.2) is 91.3 Å². The average molecular weight is 352 g/mol. The molecule has 2 aromatic heterocycles. The van der Waals surface area contributed by atoms with Crippen LogP contribution in [0.4, 0.5) is 0 Å². The van der Waals surface area contributed by atoms with Crippen molar-refractivity contribution in [2.75, 3.05) is 0 Å². The summed E-state index contributed by atoms with van der Waals surface area (Å²) in [5.41, 5.74) is 6.23. The lowest BCUT2D eigenvalue weighted by Crippen LogP contribution is -2.29. The molecule has 0 amide bonds. The highest BCUT2D eigenvalue weighted by Crippen LogP contribution is 2.31. The molecule has 0 unspecified atom stereocenters. The van der Waals surface area contributed by atoms with Crippen LogP contribution in [0, 0.1) is 0 Å². The van der Waals surface area contributed by atoms with Crippen molar-refractivity contribution < 1.29 is 10.0 Å². The van der Waals surface area contributed by atoms with Crippen LogP contribution in [0.3, 0.4) is 0 Å². The lowest BCUT2D eigenvalue weighted by molar-refractivity contribution is 0.426. The van der Waals surface area contributed by atoms with Crippen LogP contribution >= 0.6 is 0 Å². The molecule has 0 fully saturated rings. The third-order valence-corrected chi connectivity index (χ3v) is 4.40. The lowest BCUT2D eigenvalue weighted by Gasteiger charge is -2.11. The van der Waals surface area contributed by atoms with Crippen LogP contribution in [0.5, 0.6) is 0 Å². The quantitative estimate of drug-likeness (QED) is 0.554. The highest BCUT2D eigenvalue weighted by Gasteiger charge is 2.12. The Balaban J connectivity index is 1.85. The van der Waals surface area contributed by atoms with E-state index in [4.69, 9.17) is 0 Å². The minimum Gasteiger partial charge on any atom is -0.423 e. The molecule has 0 aliphatic heterocycles. The SMILES string of the molecule is OB(O)c1ccc(-c2cc(-c3ccccn3)cc(-c3ccccn3)c2)cc1. The van der Waals surface area contributed by atoms with Crippen LogP contribution in [0.1, 0.15) is 0 Å². The summed E-state index contributed by atoms with van der Waals surface area (Å²) in [5, 5.41) is 18.6. The predicted octanol–water partition coefficient (Wildman–Crippen LogP) is 3.16. The minimum absolute atomic E-state index is 0.463. The van der Waals surface area contributed by atoms with Gasteiger partial charge in [-0.3, -0.25) is 9.97 Å². The third-order valence-electron chi connectivity index (χ3n) is 4.40. The average Bonchev–Trinajstić information content (AvgIpc) is 2.75. The van der Waals surface area contributed by atoms with Crippen LogP contribution in [0.25, 0.3) is 33.6 Å². The van der Waals surface area contributed by atoms with Crippen LogP contribution in [-0.2, 0) is 0 Å². The first-order valence-electron chi connectivity index (χ1n) is 8.65. The Morgan fingerprint density at radius 2 is 1.07 bits per heavy atom. The molecule has 0 saturated carbocycles. The molecule has 0 aliphatic carbocycles. The fraction of sp³-hybridized carbons (Fsp3) is 0. The summed E-state index contributed by atoms with van der Waals surface area (Å²) in [4.78, 5) is 8.94. The molecular weight excluding hydrogens is 335 g/mol. The molecule has 0 aliphatic rings. The van der Waals surface area contributed by atoms with E-state index in [2.05, 4.69) is 28.2 Å². The summed E-state index contributed by atoms with van der Waals surface area (Å²) in [6.07, 6.45) is 3.56. The number of rotatable bonds is 4. The van der Waals surface area contributed by atoms with Gasteiger partial charge in [0.25, 0.3) is 0 Å². The Kier molecular flexibility index (Phi) is 4.79. The maximum Gasteiger partial charge on any atom is 0.488 e. The van der Waals surface area contributed by atoms with Gasteiger partial charge in [-0.2, -0.15) is 0 Å². The first kappa shape index (κ1) is 17.2. The number of nitrogens with zero attached hydrogens (tertiary/aromatic N) is 2. The molecule has 5 heteroatoms. The van der Waals surface area contributed by atoms with Crippen molar-refractivity contribution >= 4 is 12.6 Å². The molecule has 0 bridgehead atoms. The van der Waals surface area contributed by atoms with E-state index in [0.717, 1.165) is 33.6 Å². The van der Waals surface area contributed by atoms with E-state index < -0.39 is 7.12 Å². The monoisotopic (exact) mass is 352 g/mol. The Morgan fingerprint density at radius 3 is 1.52 bits per heavy atom. The van der Waals surface area contributed by atoms with Crippen molar-refractivity contribution in [1.82, 2.24) is 9.97 Å². The molecule has 2 heterocycles. The smallest absolute Gasteiger partial charge is 0.423 e. The standard InChI is InChI=1S/C22H17BN2O2/c26-23(27)20-9-7-16(8-10-20)17-13-18(21-5-1-3-11-24-21)15-19(14-17)22-6-2-4-12-25-22/h1-15,26-27H. The van der Waals surface area contributed by atoms with Crippen LogP contribution < -0.4 is 5.46 Å². The summed E-state index contributed by atoms with van der Waals surface area (Å²) in [6, 6.07) is 25.1. The second kappa shape index (κ2) is 7.54. The van der Waals surface area contributed by atoms with Gasteiger partial charge in [0.2, 0.25) is 0 Å². The largest absolute Gasteiger partial charge is 0.488 e. The van der Waals surface area contributed by atoms with E-state index in [9.17, 15) is 10.0 Å². The molecule has 130 valence electrons. The molecule has 4 rings (SSSR count). The normalized spacial score (nSPS) is 10.6. The van der Waals surface area contributed by atoms with E-state index in [1.165, 1.54) is 0 Å². The molecule has 2 aromatic carbocycles. The summed E-state index contributed by atoms with van der Waals surface area (Å²) in [5.74, 6) is 0. The van der Waals surface area contributed by atoms with Gasteiger partial charge >= 0.3 is 7.12 Å². The molecule has 0 spiro atoms. The van der Waals surface area contributed by atoms with Gasteiger partial charge < -0.3 is 10.0 Å². The van der Waals surface area contributed by atoms with Crippen molar-refractivity contribution in [1.29, 1.82) is 0 Å². The second-order valence-electron chi connectivity index (χ2n) is 6.22. The molecule has 2 N–H and O–H groups in total. The van der Waals surface area contributed by atoms with Gasteiger partial charge in [0.15, 0.2) is 0 Å². The minimum atomic E-state index is -1.47. The van der Waals surface area contributed by atoms with Gasteiger partial charge in [-0.1, -0.05) is 36.4 Å². The summed E-state index contributed by atoms with van der Waals surface area (Å²) in [7, 11) is -1.47. The van der Waals surface area contributed by atoms with Crippen molar-refractivity contribution in [2.45, 2.75) is 0 Å². The zero-order valence-corrected chi connectivity index (χ0v) is 14.5. The van der Waals surface area contributed by atoms with Crippen molar-refractivity contribution in [2.24, 2.45) is 0 Å². The Labute approximate surface area is 158 Å². The topological polar surface area (TPSA) is 66.2 Å². The zero-order chi connectivity index (χ0) is 18.6. The van der Waals surface area contributed by atoms with E-state index in [1.54, 1.807) is 24.5 Å². The van der Waals surface area contributed by atoms with Crippen LogP contribution in [0.2, 0.25) is 0 Å².